The molecule has 0 fully saturated rings. The van der Waals surface area contributed by atoms with Gasteiger partial charge in [0.15, 0.2) is 10.7 Å². The van der Waals surface area contributed by atoms with E-state index in [1.165, 1.54) is 17.7 Å². The lowest BCUT2D eigenvalue weighted by molar-refractivity contribution is -0.120. The number of carbonyl (C=O) groups is 2. The molecule has 21 heavy (non-hydrogen) atoms. The third kappa shape index (κ3) is 2.98. The highest BCUT2D eigenvalue weighted by Crippen LogP contribution is 2.38. The van der Waals surface area contributed by atoms with E-state index in [2.05, 4.69) is 6.92 Å². The molecule has 0 N–H and O–H groups in total. The van der Waals surface area contributed by atoms with Crippen molar-refractivity contribution in [1.82, 2.24) is 0 Å². The molecule has 0 bridgehead atoms. The van der Waals surface area contributed by atoms with Gasteiger partial charge in [-0.05, 0) is 18.6 Å². The quantitative estimate of drug-likeness (QED) is 0.449. The SMILES string of the molecule is CCCCCCCC1(Cl)C(=O)c2ccccc2N(C)C1=O. The molecule has 114 valence electrons. The lowest BCUT2D eigenvalue weighted by atomic mass is 9.86. The first-order valence-corrected chi connectivity index (χ1v) is 8.01. The normalized spacial score (nSPS) is 21.6. The van der Waals surface area contributed by atoms with E-state index in [0.29, 0.717) is 17.7 Å². The van der Waals surface area contributed by atoms with Crippen molar-refractivity contribution in [2.24, 2.45) is 0 Å². The number of unbranched alkanes of at least 4 members (excludes halogenated alkanes) is 4. The average Bonchev–Trinajstić information content (AvgIpc) is 2.51. The van der Waals surface area contributed by atoms with Crippen LogP contribution in [-0.4, -0.2) is 23.6 Å². The van der Waals surface area contributed by atoms with Crippen LogP contribution in [0.1, 0.15) is 55.8 Å². The topological polar surface area (TPSA) is 37.4 Å². The molecular weight excluding hydrogens is 286 g/mol. The second-order valence-electron chi connectivity index (χ2n) is 5.68. The second-order valence-corrected chi connectivity index (χ2v) is 6.32. The summed E-state index contributed by atoms with van der Waals surface area (Å²) < 4.78 is 0. The first kappa shape index (κ1) is 16.0. The van der Waals surface area contributed by atoms with E-state index in [-0.39, 0.29) is 11.7 Å². The van der Waals surface area contributed by atoms with E-state index in [1.807, 2.05) is 6.07 Å². The van der Waals surface area contributed by atoms with Gasteiger partial charge in [-0.1, -0.05) is 62.8 Å². The molecule has 1 unspecified atom stereocenters. The summed E-state index contributed by atoms with van der Waals surface area (Å²) in [6, 6.07) is 7.15. The van der Waals surface area contributed by atoms with Crippen LogP contribution in [0.15, 0.2) is 24.3 Å². The number of amides is 1. The molecule has 1 aliphatic heterocycles. The van der Waals surface area contributed by atoms with Gasteiger partial charge < -0.3 is 4.90 Å². The molecule has 1 aliphatic rings. The molecule has 1 amide bonds. The van der Waals surface area contributed by atoms with Crippen molar-refractivity contribution in [2.45, 2.75) is 50.3 Å². The van der Waals surface area contributed by atoms with Crippen LogP contribution in [0.5, 0.6) is 0 Å². The van der Waals surface area contributed by atoms with Gasteiger partial charge in [-0.2, -0.15) is 0 Å². The zero-order valence-electron chi connectivity index (χ0n) is 12.7. The van der Waals surface area contributed by atoms with Gasteiger partial charge in [-0.3, -0.25) is 9.59 Å². The highest BCUT2D eigenvalue weighted by Gasteiger charge is 2.50. The predicted octanol–water partition coefficient (Wildman–Crippen LogP) is 4.18. The molecule has 1 aromatic rings. The van der Waals surface area contributed by atoms with Crippen LogP contribution < -0.4 is 4.90 Å². The number of Topliss-reactive ketones (excluding diaryl/α,β-unsaturated/α-hetero) is 1. The monoisotopic (exact) mass is 307 g/mol. The third-order valence-corrected chi connectivity index (χ3v) is 4.66. The van der Waals surface area contributed by atoms with Crippen LogP contribution in [-0.2, 0) is 4.79 Å². The van der Waals surface area contributed by atoms with Gasteiger partial charge >= 0.3 is 0 Å². The molecule has 1 heterocycles. The molecule has 0 radical (unpaired) electrons. The average molecular weight is 308 g/mol. The first-order valence-electron chi connectivity index (χ1n) is 7.63. The molecule has 4 heteroatoms. The second kappa shape index (κ2) is 6.61. The summed E-state index contributed by atoms with van der Waals surface area (Å²) in [5, 5.41) is 0. The minimum absolute atomic E-state index is 0.252. The third-order valence-electron chi connectivity index (χ3n) is 4.14. The van der Waals surface area contributed by atoms with Crippen molar-refractivity contribution in [1.29, 1.82) is 0 Å². The largest absolute Gasteiger partial charge is 0.313 e. The van der Waals surface area contributed by atoms with E-state index in [0.717, 1.165) is 19.3 Å². The number of ketones is 1. The Morgan fingerprint density at radius 3 is 2.48 bits per heavy atom. The predicted molar refractivity (Wildman–Crippen MR) is 86.1 cm³/mol. The van der Waals surface area contributed by atoms with E-state index < -0.39 is 4.87 Å². The van der Waals surface area contributed by atoms with E-state index >= 15 is 0 Å². The lowest BCUT2D eigenvalue weighted by Gasteiger charge is -2.35. The molecular formula is C17H22ClNO2. The molecule has 0 saturated carbocycles. The number of rotatable bonds is 6. The van der Waals surface area contributed by atoms with Gasteiger partial charge in [0.1, 0.15) is 0 Å². The molecule has 2 rings (SSSR count). The minimum atomic E-state index is -1.42. The lowest BCUT2D eigenvalue weighted by Crippen LogP contribution is -2.53. The molecule has 1 atom stereocenters. The van der Waals surface area contributed by atoms with Crippen molar-refractivity contribution >= 4 is 29.0 Å². The molecule has 0 spiro atoms. The number of anilines is 1. The fourth-order valence-corrected chi connectivity index (χ4v) is 3.20. The molecule has 0 aromatic heterocycles. The number of nitrogens with zero attached hydrogens (tertiary/aromatic N) is 1. The van der Waals surface area contributed by atoms with Crippen molar-refractivity contribution in [3.05, 3.63) is 29.8 Å². The summed E-state index contributed by atoms with van der Waals surface area (Å²) in [5.41, 5.74) is 1.19. The summed E-state index contributed by atoms with van der Waals surface area (Å²) in [4.78, 5) is 25.2. The minimum Gasteiger partial charge on any atom is -0.313 e. The van der Waals surface area contributed by atoms with Gasteiger partial charge in [-0.25, -0.2) is 0 Å². The zero-order valence-corrected chi connectivity index (χ0v) is 13.4. The van der Waals surface area contributed by atoms with Crippen LogP contribution in [0.4, 0.5) is 5.69 Å². The maximum atomic E-state index is 12.6. The fraction of sp³-hybridized carbons (Fsp3) is 0.529. The Labute approximate surface area is 131 Å². The fourth-order valence-electron chi connectivity index (χ4n) is 2.84. The number of hydrogen-bond donors (Lipinski definition) is 0. The van der Waals surface area contributed by atoms with Crippen LogP contribution in [0.25, 0.3) is 0 Å². The van der Waals surface area contributed by atoms with Crippen molar-refractivity contribution in [2.75, 3.05) is 11.9 Å². The maximum absolute atomic E-state index is 12.6. The van der Waals surface area contributed by atoms with Crippen molar-refractivity contribution < 1.29 is 9.59 Å². The molecule has 3 nitrogen and oxygen atoms in total. The van der Waals surface area contributed by atoms with E-state index in [9.17, 15) is 9.59 Å². The van der Waals surface area contributed by atoms with Crippen LogP contribution in [0, 0.1) is 0 Å². The highest BCUT2D eigenvalue weighted by molar-refractivity contribution is 6.52. The Morgan fingerprint density at radius 2 is 1.76 bits per heavy atom. The Kier molecular flexibility index (Phi) is 5.04. The standard InChI is InChI=1S/C17H22ClNO2/c1-3-4-5-6-9-12-17(18)15(20)13-10-7-8-11-14(13)19(2)16(17)21/h7-8,10-11H,3-6,9,12H2,1-2H3. The van der Waals surface area contributed by atoms with Gasteiger partial charge in [-0.15, -0.1) is 0 Å². The molecule has 0 saturated heterocycles. The van der Waals surface area contributed by atoms with Crippen LogP contribution >= 0.6 is 11.6 Å². The molecule has 0 aliphatic carbocycles. The Hall–Kier alpha value is -1.35. The number of hydrogen-bond acceptors (Lipinski definition) is 2. The summed E-state index contributed by atoms with van der Waals surface area (Å²) in [7, 11) is 1.68. The summed E-state index contributed by atoms with van der Waals surface area (Å²) in [6.07, 6.45) is 5.69. The number of para-hydroxylation sites is 1. The van der Waals surface area contributed by atoms with Gasteiger partial charge in [0.05, 0.1) is 5.69 Å². The molecule has 1 aromatic carbocycles. The summed E-state index contributed by atoms with van der Waals surface area (Å²) in [5.74, 6) is -0.554. The highest BCUT2D eigenvalue weighted by atomic mass is 35.5. The maximum Gasteiger partial charge on any atom is 0.255 e. The number of halogens is 1. The van der Waals surface area contributed by atoms with Gasteiger partial charge in [0, 0.05) is 12.6 Å². The van der Waals surface area contributed by atoms with E-state index in [1.54, 1.807) is 25.2 Å². The number of alkyl halides is 1. The Morgan fingerprint density at radius 1 is 1.10 bits per heavy atom. The number of benzene rings is 1. The van der Waals surface area contributed by atoms with Crippen molar-refractivity contribution in [3.63, 3.8) is 0 Å². The number of fused-ring (bicyclic) bond motifs is 1. The Balaban J connectivity index is 2.16. The van der Waals surface area contributed by atoms with Crippen LogP contribution in [0.3, 0.4) is 0 Å². The van der Waals surface area contributed by atoms with Crippen LogP contribution in [0.2, 0.25) is 0 Å². The van der Waals surface area contributed by atoms with Gasteiger partial charge in [0.2, 0.25) is 0 Å². The zero-order chi connectivity index (χ0) is 15.5. The summed E-state index contributed by atoms with van der Waals surface area (Å²) >= 11 is 6.47. The summed E-state index contributed by atoms with van der Waals surface area (Å²) in [6.45, 7) is 2.16. The van der Waals surface area contributed by atoms with Gasteiger partial charge in [0.25, 0.3) is 5.91 Å². The Bertz CT molecular complexity index is 543. The number of carbonyl (C=O) groups excluding carboxylic acids is 2. The first-order chi connectivity index (χ1) is 10.0. The smallest absolute Gasteiger partial charge is 0.255 e. The van der Waals surface area contributed by atoms with Crippen molar-refractivity contribution in [3.8, 4) is 0 Å². The van der Waals surface area contributed by atoms with E-state index in [4.69, 9.17) is 11.6 Å².